The van der Waals surface area contributed by atoms with Crippen molar-refractivity contribution in [1.29, 1.82) is 0 Å². The number of nitrogen functional groups attached to an aromatic ring is 1. The van der Waals surface area contributed by atoms with Crippen LogP contribution in [0.25, 0.3) is 0 Å². The third kappa shape index (κ3) is 4.63. The predicted octanol–water partition coefficient (Wildman–Crippen LogP) is 3.77. The minimum atomic E-state index is 0.113. The van der Waals surface area contributed by atoms with Crippen LogP contribution in [0.15, 0.2) is 33.8 Å². The van der Waals surface area contributed by atoms with Crippen molar-refractivity contribution in [1.82, 2.24) is 19.9 Å². The molecule has 0 saturated heterocycles. The molecule has 0 aliphatic heterocycles. The molecule has 0 unspecified atom stereocenters. The van der Waals surface area contributed by atoms with E-state index in [0.717, 1.165) is 17.2 Å². The molecule has 0 radical (unpaired) electrons. The number of oxazole rings is 1. The molecule has 0 bridgehead atoms. The second-order valence-electron chi connectivity index (χ2n) is 7.37. The van der Waals surface area contributed by atoms with Crippen LogP contribution in [0.2, 0.25) is 0 Å². The van der Waals surface area contributed by atoms with Crippen LogP contribution in [0.4, 0.5) is 0 Å². The zero-order valence-electron chi connectivity index (χ0n) is 16.3. The predicted molar refractivity (Wildman–Crippen MR) is 105 cm³/mol. The van der Waals surface area contributed by atoms with Gasteiger partial charge in [0.1, 0.15) is 18.1 Å². The summed E-state index contributed by atoms with van der Waals surface area (Å²) in [7, 11) is 0. The Hall–Kier alpha value is -2.48. The summed E-state index contributed by atoms with van der Waals surface area (Å²) in [5.74, 6) is 9.42. The van der Waals surface area contributed by atoms with E-state index in [9.17, 15) is 0 Å². The first-order chi connectivity index (χ1) is 12.7. The maximum atomic E-state index is 6.09. The average Bonchev–Trinajstić information content (AvgIpc) is 3.13. The van der Waals surface area contributed by atoms with Crippen molar-refractivity contribution in [3.8, 4) is 5.75 Å². The first-order valence-corrected chi connectivity index (χ1v) is 9.71. The summed E-state index contributed by atoms with van der Waals surface area (Å²) in [5.41, 5.74) is 2.26. The molecule has 3 rings (SSSR count). The van der Waals surface area contributed by atoms with Crippen molar-refractivity contribution in [2.24, 2.45) is 0 Å². The Balaban J connectivity index is 1.58. The highest BCUT2D eigenvalue weighted by Gasteiger charge is 2.15. The molecule has 27 heavy (non-hydrogen) atoms. The number of ether oxygens (including phenoxy) is 1. The van der Waals surface area contributed by atoms with Crippen molar-refractivity contribution in [3.05, 3.63) is 53.0 Å². The Bertz CT molecular complexity index is 890. The van der Waals surface area contributed by atoms with E-state index in [1.54, 1.807) is 0 Å². The van der Waals surface area contributed by atoms with Gasteiger partial charge in [-0.05, 0) is 37.0 Å². The Morgan fingerprint density at radius 2 is 1.85 bits per heavy atom. The zero-order valence-corrected chi connectivity index (χ0v) is 17.1. The number of thioether (sulfide) groups is 1. The molecule has 0 aliphatic carbocycles. The molecule has 2 N–H and O–H groups in total. The van der Waals surface area contributed by atoms with Gasteiger partial charge in [-0.2, -0.15) is 0 Å². The van der Waals surface area contributed by atoms with Gasteiger partial charge >= 0.3 is 0 Å². The summed E-state index contributed by atoms with van der Waals surface area (Å²) >= 11 is 1.42. The molecule has 1 aromatic carbocycles. The lowest BCUT2D eigenvalue weighted by Gasteiger charge is -2.19. The molecule has 0 saturated carbocycles. The lowest BCUT2D eigenvalue weighted by atomic mass is 9.87. The van der Waals surface area contributed by atoms with Crippen molar-refractivity contribution in [2.75, 3.05) is 5.84 Å². The second kappa shape index (κ2) is 7.64. The average molecular weight is 388 g/mol. The molecule has 0 fully saturated rings. The Labute approximate surface area is 163 Å². The fourth-order valence-corrected chi connectivity index (χ4v) is 3.15. The molecule has 144 valence electrons. The summed E-state index contributed by atoms with van der Waals surface area (Å²) in [6.45, 7) is 10.6. The highest BCUT2D eigenvalue weighted by atomic mass is 32.2. The van der Waals surface area contributed by atoms with Crippen molar-refractivity contribution < 1.29 is 9.15 Å². The van der Waals surface area contributed by atoms with Crippen molar-refractivity contribution in [3.63, 3.8) is 0 Å². The molecule has 2 aromatic heterocycles. The fraction of sp³-hybridized carbons (Fsp3) is 0.421. The molecule has 0 aliphatic rings. The van der Waals surface area contributed by atoms with E-state index in [2.05, 4.69) is 48.1 Å². The minimum absolute atomic E-state index is 0.113. The van der Waals surface area contributed by atoms with E-state index in [1.165, 1.54) is 22.0 Å². The van der Waals surface area contributed by atoms with E-state index < -0.39 is 0 Å². The van der Waals surface area contributed by atoms with Crippen LogP contribution in [0.1, 0.15) is 49.5 Å². The molecule has 0 atom stereocenters. The number of aryl methyl sites for hydroxylation is 2. The lowest BCUT2D eigenvalue weighted by Crippen LogP contribution is -2.16. The number of rotatable bonds is 6. The number of hydrogen-bond donors (Lipinski definition) is 1. The number of nitrogens with two attached hydrogens (primary N) is 1. The summed E-state index contributed by atoms with van der Waals surface area (Å²) in [6, 6.07) is 8.07. The molecule has 0 amide bonds. The summed E-state index contributed by atoms with van der Waals surface area (Å²) in [5, 5.41) is 8.82. The molecular weight excluding hydrogens is 362 g/mol. The normalized spacial score (nSPS) is 11.7. The Morgan fingerprint density at radius 3 is 2.44 bits per heavy atom. The van der Waals surface area contributed by atoms with Crippen LogP contribution in [-0.4, -0.2) is 19.9 Å². The van der Waals surface area contributed by atoms with E-state index in [0.29, 0.717) is 22.6 Å². The topological polar surface area (TPSA) is 92.0 Å². The van der Waals surface area contributed by atoms with Gasteiger partial charge in [0.2, 0.25) is 11.0 Å². The van der Waals surface area contributed by atoms with Crippen LogP contribution in [0, 0.1) is 13.8 Å². The first-order valence-electron chi connectivity index (χ1n) is 8.72. The van der Waals surface area contributed by atoms with E-state index >= 15 is 0 Å². The van der Waals surface area contributed by atoms with Gasteiger partial charge < -0.3 is 15.0 Å². The van der Waals surface area contributed by atoms with Gasteiger partial charge in [0, 0.05) is 0 Å². The number of benzene rings is 1. The van der Waals surface area contributed by atoms with Gasteiger partial charge in [-0.3, -0.25) is 0 Å². The highest BCUT2D eigenvalue weighted by molar-refractivity contribution is 7.98. The van der Waals surface area contributed by atoms with Crippen molar-refractivity contribution in [2.45, 2.75) is 57.5 Å². The minimum Gasteiger partial charge on any atom is -0.486 e. The van der Waals surface area contributed by atoms with Gasteiger partial charge in [-0.1, -0.05) is 44.7 Å². The summed E-state index contributed by atoms with van der Waals surface area (Å²) < 4.78 is 12.8. The van der Waals surface area contributed by atoms with Crippen LogP contribution in [0.5, 0.6) is 5.75 Å². The van der Waals surface area contributed by atoms with Gasteiger partial charge in [0.25, 0.3) is 0 Å². The number of hydrogen-bond acceptors (Lipinski definition) is 7. The fourth-order valence-electron chi connectivity index (χ4n) is 2.43. The summed E-state index contributed by atoms with van der Waals surface area (Å²) in [4.78, 5) is 4.35. The number of aromatic nitrogens is 4. The van der Waals surface area contributed by atoms with Crippen LogP contribution in [0.3, 0.4) is 0 Å². The molecule has 0 spiro atoms. The maximum absolute atomic E-state index is 6.09. The van der Waals surface area contributed by atoms with Gasteiger partial charge in [-0.15, -0.1) is 10.2 Å². The quantitative estimate of drug-likeness (QED) is 0.508. The van der Waals surface area contributed by atoms with Gasteiger partial charge in [-0.25, -0.2) is 9.66 Å². The van der Waals surface area contributed by atoms with Crippen LogP contribution in [-0.2, 0) is 17.8 Å². The molecule has 8 heteroatoms. The molecule has 2 heterocycles. The zero-order chi connectivity index (χ0) is 19.6. The van der Waals surface area contributed by atoms with E-state index in [4.69, 9.17) is 15.0 Å². The third-order valence-corrected chi connectivity index (χ3v) is 5.15. The van der Waals surface area contributed by atoms with Gasteiger partial charge in [0.05, 0.1) is 11.4 Å². The first kappa shape index (κ1) is 19.3. The van der Waals surface area contributed by atoms with Crippen LogP contribution >= 0.6 is 11.8 Å². The standard InChI is InChI=1S/C19H25N5O2S/c1-12-13(2)26-17(21-12)11-27-18-23-22-16(24(18)20)10-25-15-8-6-14(7-9-15)19(3,4)5/h6-9H,10-11,20H2,1-5H3. The highest BCUT2D eigenvalue weighted by Crippen LogP contribution is 2.25. The second-order valence-corrected chi connectivity index (χ2v) is 8.31. The molecule has 3 aromatic rings. The third-order valence-electron chi connectivity index (χ3n) is 4.22. The van der Waals surface area contributed by atoms with Gasteiger partial charge in [0.15, 0.2) is 5.82 Å². The smallest absolute Gasteiger partial charge is 0.210 e. The maximum Gasteiger partial charge on any atom is 0.210 e. The molecule has 7 nitrogen and oxygen atoms in total. The monoisotopic (exact) mass is 387 g/mol. The Morgan fingerprint density at radius 1 is 1.15 bits per heavy atom. The largest absolute Gasteiger partial charge is 0.486 e. The molecular formula is C19H25N5O2S. The Kier molecular flexibility index (Phi) is 5.46. The van der Waals surface area contributed by atoms with Crippen molar-refractivity contribution >= 4 is 11.8 Å². The lowest BCUT2D eigenvalue weighted by molar-refractivity contribution is 0.291. The van der Waals surface area contributed by atoms with E-state index in [-0.39, 0.29) is 12.0 Å². The number of nitrogens with zero attached hydrogens (tertiary/aromatic N) is 4. The summed E-state index contributed by atoms with van der Waals surface area (Å²) in [6.07, 6.45) is 0. The van der Waals surface area contributed by atoms with Crippen LogP contribution < -0.4 is 10.6 Å². The SMILES string of the molecule is Cc1nc(CSc2nnc(COc3ccc(C(C)(C)C)cc3)n2N)oc1C. The van der Waals surface area contributed by atoms with E-state index in [1.807, 2.05) is 26.0 Å².